The van der Waals surface area contributed by atoms with Gasteiger partial charge in [0.2, 0.25) is 0 Å². The summed E-state index contributed by atoms with van der Waals surface area (Å²) >= 11 is 0. The lowest BCUT2D eigenvalue weighted by molar-refractivity contribution is 0.151. The topological polar surface area (TPSA) is 35.5 Å². The highest BCUT2D eigenvalue weighted by molar-refractivity contribution is 5.85. The van der Waals surface area contributed by atoms with E-state index < -0.39 is 0 Å². The summed E-state index contributed by atoms with van der Waals surface area (Å²) in [4.78, 5) is 2.52. The second-order valence-electron chi connectivity index (χ2n) is 6.14. The minimum absolute atomic E-state index is 0. The van der Waals surface area contributed by atoms with Crippen LogP contribution < -0.4 is 5.32 Å². The molecule has 2 rings (SSSR count). The van der Waals surface area contributed by atoms with Crippen molar-refractivity contribution in [3.63, 3.8) is 0 Å². The van der Waals surface area contributed by atoms with Gasteiger partial charge in [0.15, 0.2) is 0 Å². The Balaban J connectivity index is 0.00000220. The van der Waals surface area contributed by atoms with Crippen LogP contribution in [0.2, 0.25) is 0 Å². The molecule has 0 saturated carbocycles. The number of hydrogen-bond donors (Lipinski definition) is 2. The molecule has 0 spiro atoms. The Bertz CT molecular complexity index is 435. The maximum absolute atomic E-state index is 10.6. The van der Waals surface area contributed by atoms with Gasteiger partial charge < -0.3 is 10.4 Å². The van der Waals surface area contributed by atoms with Crippen LogP contribution in [-0.4, -0.2) is 36.2 Å². The number of hydrogen-bond acceptors (Lipinski definition) is 3. The zero-order chi connectivity index (χ0) is 14.5. The maximum Gasteiger partial charge on any atom is 0.123 e. The average Bonchev–Trinajstić information content (AvgIpc) is 2.46. The van der Waals surface area contributed by atoms with Crippen LogP contribution in [0.1, 0.15) is 44.4 Å². The Labute approximate surface area is 147 Å². The fourth-order valence-corrected chi connectivity index (χ4v) is 3.08. The first kappa shape index (κ1) is 21.5. The highest BCUT2D eigenvalue weighted by atomic mass is 35.5. The van der Waals surface area contributed by atoms with Gasteiger partial charge in [-0.25, -0.2) is 0 Å². The summed E-state index contributed by atoms with van der Waals surface area (Å²) in [6, 6.07) is 6.55. The summed E-state index contributed by atoms with van der Waals surface area (Å²) in [5.74, 6) is 1.14. The van der Waals surface area contributed by atoms with Gasteiger partial charge in [0.1, 0.15) is 5.75 Å². The van der Waals surface area contributed by atoms with Crippen molar-refractivity contribution >= 4 is 24.8 Å². The first-order chi connectivity index (χ1) is 9.63. The van der Waals surface area contributed by atoms with E-state index in [0.29, 0.717) is 17.7 Å². The minimum atomic E-state index is 0. The highest BCUT2D eigenvalue weighted by Gasteiger charge is 2.25. The molecule has 0 unspecified atom stereocenters. The van der Waals surface area contributed by atoms with Crippen molar-refractivity contribution in [2.75, 3.05) is 26.2 Å². The van der Waals surface area contributed by atoms with Gasteiger partial charge in [-0.2, -0.15) is 0 Å². The lowest BCUT2D eigenvalue weighted by Gasteiger charge is -2.36. The molecule has 1 heterocycles. The Morgan fingerprint density at radius 2 is 1.82 bits per heavy atom. The van der Waals surface area contributed by atoms with E-state index in [1.165, 1.54) is 0 Å². The number of para-hydroxylation sites is 1. The first-order valence-electron chi connectivity index (χ1n) is 7.89. The van der Waals surface area contributed by atoms with Gasteiger partial charge in [0, 0.05) is 37.8 Å². The van der Waals surface area contributed by atoms with E-state index in [1.54, 1.807) is 0 Å². The minimum Gasteiger partial charge on any atom is -0.507 e. The van der Waals surface area contributed by atoms with Crippen LogP contribution >= 0.6 is 24.8 Å². The van der Waals surface area contributed by atoms with E-state index in [-0.39, 0.29) is 24.8 Å². The molecule has 1 aromatic carbocycles. The monoisotopic (exact) mass is 348 g/mol. The molecule has 0 radical (unpaired) electrons. The zero-order valence-electron chi connectivity index (χ0n) is 13.8. The third-order valence-electron chi connectivity index (χ3n) is 4.18. The SMILES string of the molecule is CCc1cccc([C@@H](CC(C)C)N2CCNCC2)c1O.Cl.Cl. The predicted molar refractivity (Wildman–Crippen MR) is 98.6 cm³/mol. The summed E-state index contributed by atoms with van der Waals surface area (Å²) < 4.78 is 0. The van der Waals surface area contributed by atoms with Crippen molar-refractivity contribution in [1.82, 2.24) is 10.2 Å². The van der Waals surface area contributed by atoms with Crippen molar-refractivity contribution < 1.29 is 5.11 Å². The van der Waals surface area contributed by atoms with Crippen LogP contribution in [-0.2, 0) is 6.42 Å². The molecule has 0 amide bonds. The van der Waals surface area contributed by atoms with Crippen molar-refractivity contribution in [2.45, 2.75) is 39.7 Å². The van der Waals surface area contributed by atoms with Gasteiger partial charge in [-0.3, -0.25) is 4.90 Å². The molecule has 0 aromatic heterocycles. The van der Waals surface area contributed by atoms with E-state index in [1.807, 2.05) is 6.07 Å². The van der Waals surface area contributed by atoms with Gasteiger partial charge in [0.05, 0.1) is 0 Å². The van der Waals surface area contributed by atoms with Gasteiger partial charge >= 0.3 is 0 Å². The number of aryl methyl sites for hydroxylation is 1. The molecule has 3 nitrogen and oxygen atoms in total. The maximum atomic E-state index is 10.6. The number of piperazine rings is 1. The number of phenols is 1. The number of phenolic OH excluding ortho intramolecular Hbond substituents is 1. The largest absolute Gasteiger partial charge is 0.507 e. The van der Waals surface area contributed by atoms with Gasteiger partial charge in [-0.15, -0.1) is 24.8 Å². The number of halogens is 2. The standard InChI is InChI=1S/C17H28N2O.2ClH/c1-4-14-6-5-7-15(17(14)20)16(12-13(2)3)19-10-8-18-9-11-19;;/h5-7,13,16,18,20H,4,8-12H2,1-3H3;2*1H/t16-;;/m1../s1. The quantitative estimate of drug-likeness (QED) is 0.849. The van der Waals surface area contributed by atoms with Crippen LogP contribution in [0.4, 0.5) is 0 Å². The molecular weight excluding hydrogens is 319 g/mol. The third-order valence-corrected chi connectivity index (χ3v) is 4.18. The van der Waals surface area contributed by atoms with Crippen molar-refractivity contribution in [3.8, 4) is 5.75 Å². The number of nitrogens with zero attached hydrogens (tertiary/aromatic N) is 1. The Morgan fingerprint density at radius 1 is 1.18 bits per heavy atom. The molecule has 1 aliphatic rings. The number of nitrogens with one attached hydrogen (secondary N) is 1. The van der Waals surface area contributed by atoms with E-state index in [4.69, 9.17) is 0 Å². The van der Waals surface area contributed by atoms with Crippen LogP contribution in [0.3, 0.4) is 0 Å². The van der Waals surface area contributed by atoms with Crippen LogP contribution in [0, 0.1) is 5.92 Å². The van der Waals surface area contributed by atoms with E-state index >= 15 is 0 Å². The van der Waals surface area contributed by atoms with Gasteiger partial charge in [-0.1, -0.05) is 39.0 Å². The molecule has 22 heavy (non-hydrogen) atoms. The predicted octanol–water partition coefficient (Wildman–Crippen LogP) is 3.79. The summed E-state index contributed by atoms with van der Waals surface area (Å²) in [6.45, 7) is 10.8. The zero-order valence-corrected chi connectivity index (χ0v) is 15.5. The molecular formula is C17H30Cl2N2O. The normalized spacial score (nSPS) is 16.7. The molecule has 0 aliphatic carbocycles. The lowest BCUT2D eigenvalue weighted by atomic mass is 9.92. The molecule has 1 aliphatic heterocycles. The van der Waals surface area contributed by atoms with E-state index in [9.17, 15) is 5.11 Å². The highest BCUT2D eigenvalue weighted by Crippen LogP contribution is 2.35. The summed E-state index contributed by atoms with van der Waals surface area (Å²) in [5.41, 5.74) is 2.17. The smallest absolute Gasteiger partial charge is 0.123 e. The molecule has 0 bridgehead atoms. The molecule has 1 atom stereocenters. The number of benzene rings is 1. The molecule has 1 aromatic rings. The second-order valence-corrected chi connectivity index (χ2v) is 6.14. The van der Waals surface area contributed by atoms with Crippen LogP contribution in [0.5, 0.6) is 5.75 Å². The third kappa shape index (κ3) is 5.31. The number of aromatic hydroxyl groups is 1. The van der Waals surface area contributed by atoms with E-state index in [2.05, 4.69) is 43.1 Å². The molecule has 1 fully saturated rings. The number of rotatable bonds is 5. The summed E-state index contributed by atoms with van der Waals surface area (Å²) in [5, 5.41) is 14.0. The first-order valence-corrected chi connectivity index (χ1v) is 7.89. The Hall–Kier alpha value is -0.480. The van der Waals surface area contributed by atoms with E-state index in [0.717, 1.165) is 50.1 Å². The van der Waals surface area contributed by atoms with Crippen LogP contribution in [0.25, 0.3) is 0 Å². The lowest BCUT2D eigenvalue weighted by Crippen LogP contribution is -2.45. The summed E-state index contributed by atoms with van der Waals surface area (Å²) in [6.07, 6.45) is 1.98. The van der Waals surface area contributed by atoms with Crippen molar-refractivity contribution in [2.24, 2.45) is 5.92 Å². The fourth-order valence-electron chi connectivity index (χ4n) is 3.08. The molecule has 128 valence electrons. The van der Waals surface area contributed by atoms with Gasteiger partial charge in [0.25, 0.3) is 0 Å². The van der Waals surface area contributed by atoms with Crippen LogP contribution in [0.15, 0.2) is 18.2 Å². The van der Waals surface area contributed by atoms with Crippen molar-refractivity contribution in [3.05, 3.63) is 29.3 Å². The van der Waals surface area contributed by atoms with Crippen molar-refractivity contribution in [1.29, 1.82) is 0 Å². The molecule has 5 heteroatoms. The van der Waals surface area contributed by atoms with Gasteiger partial charge in [-0.05, 0) is 24.3 Å². The fraction of sp³-hybridized carbons (Fsp3) is 0.647. The second kappa shape index (κ2) is 10.3. The Morgan fingerprint density at radius 3 is 2.36 bits per heavy atom. The average molecular weight is 349 g/mol. The molecule has 2 N–H and O–H groups in total. The Kier molecular flexibility index (Phi) is 10.1. The molecule has 1 saturated heterocycles. The summed E-state index contributed by atoms with van der Waals surface area (Å²) in [7, 11) is 0.